The third-order valence-corrected chi connectivity index (χ3v) is 6.81. The predicted molar refractivity (Wildman–Crippen MR) is 179 cm³/mol. The summed E-state index contributed by atoms with van der Waals surface area (Å²) in [6.45, 7) is 5.34. The average molecular weight is 628 g/mol. The summed E-state index contributed by atoms with van der Waals surface area (Å²) in [5.74, 6) is 6.16. The Morgan fingerprint density at radius 1 is 1.11 bits per heavy atom. The number of imidazole rings is 1. The Bertz CT molecular complexity index is 1830. The molecule has 46 heavy (non-hydrogen) atoms. The van der Waals surface area contributed by atoms with Gasteiger partial charge in [-0.25, -0.2) is 4.98 Å². The summed E-state index contributed by atoms with van der Waals surface area (Å²) in [6, 6.07) is 6.37. The van der Waals surface area contributed by atoms with Crippen LogP contribution in [0.4, 0.5) is 23.0 Å². The zero-order chi connectivity index (χ0) is 33.2. The maximum absolute atomic E-state index is 12.1. The number of nitrogen functional groups attached to an aromatic ring is 1. The molecule has 0 radical (unpaired) electrons. The van der Waals surface area contributed by atoms with Crippen LogP contribution in [0.1, 0.15) is 20.7 Å². The number of methoxy groups -OCH3 is 1. The second kappa shape index (κ2) is 15.1. The summed E-state index contributed by atoms with van der Waals surface area (Å²) in [6.07, 6.45) is 7.17. The molecule has 2 aromatic heterocycles. The minimum Gasteiger partial charge on any atom is -0.494 e. The van der Waals surface area contributed by atoms with E-state index >= 15 is 0 Å². The van der Waals surface area contributed by atoms with Crippen molar-refractivity contribution in [2.45, 2.75) is 13.1 Å². The van der Waals surface area contributed by atoms with Crippen LogP contribution in [0, 0.1) is 11.8 Å². The third kappa shape index (κ3) is 7.55. The highest BCUT2D eigenvalue weighted by atomic mass is 16.5. The summed E-state index contributed by atoms with van der Waals surface area (Å²) >= 11 is 0. The van der Waals surface area contributed by atoms with E-state index in [4.69, 9.17) is 26.7 Å². The first-order valence-electron chi connectivity index (χ1n) is 14.1. The molecule has 8 N–H and O–H groups in total. The number of aliphatic imine (C=N–C) groups is 1. The number of aromatic nitrogens is 4. The first kappa shape index (κ1) is 32.9. The fourth-order valence-corrected chi connectivity index (χ4v) is 4.76. The minimum absolute atomic E-state index is 0.0333. The highest BCUT2D eigenvalue weighted by Gasteiger charge is 2.20. The number of ether oxygens (including phenoxy) is 2. The van der Waals surface area contributed by atoms with E-state index in [9.17, 15) is 9.59 Å². The van der Waals surface area contributed by atoms with Gasteiger partial charge in [-0.2, -0.15) is 5.10 Å². The fraction of sp³-hybridized carbons (Fsp3) is 0.258. The zero-order valence-corrected chi connectivity index (χ0v) is 25.9. The van der Waals surface area contributed by atoms with E-state index in [1.807, 2.05) is 28.7 Å². The Morgan fingerprint density at radius 3 is 2.48 bits per heavy atom. The van der Waals surface area contributed by atoms with Crippen molar-refractivity contribution in [1.82, 2.24) is 24.6 Å². The van der Waals surface area contributed by atoms with Gasteiger partial charge in [0, 0.05) is 37.5 Å². The van der Waals surface area contributed by atoms with E-state index < -0.39 is 11.8 Å². The highest BCUT2D eigenvalue weighted by molar-refractivity contribution is 5.99. The molecule has 0 bridgehead atoms. The van der Waals surface area contributed by atoms with Crippen LogP contribution in [0.25, 0.3) is 11.0 Å². The van der Waals surface area contributed by atoms with Crippen molar-refractivity contribution in [2.24, 2.45) is 16.5 Å². The Balaban J connectivity index is 1.60. The molecule has 0 spiro atoms. The molecule has 2 aromatic carbocycles. The van der Waals surface area contributed by atoms with Crippen LogP contribution in [-0.4, -0.2) is 78.9 Å². The van der Waals surface area contributed by atoms with Crippen molar-refractivity contribution < 1.29 is 19.1 Å². The molecule has 15 heteroatoms. The van der Waals surface area contributed by atoms with E-state index in [0.29, 0.717) is 77.4 Å². The third-order valence-electron chi connectivity index (χ3n) is 6.81. The molecule has 0 fully saturated rings. The molecule has 0 atom stereocenters. The highest BCUT2D eigenvalue weighted by Crippen LogP contribution is 2.39. The van der Waals surface area contributed by atoms with Crippen LogP contribution in [-0.2, 0) is 13.1 Å². The number of allylic oxidation sites excluding steroid dienone is 1. The van der Waals surface area contributed by atoms with Gasteiger partial charge in [0.05, 0.1) is 36.9 Å². The second-order valence-corrected chi connectivity index (χ2v) is 9.89. The predicted octanol–water partition coefficient (Wildman–Crippen LogP) is 1.72. The molecular weight excluding hydrogens is 590 g/mol. The number of carbonyl (C=O) groups excluding carboxylic acids is 2. The van der Waals surface area contributed by atoms with Crippen LogP contribution in [0.15, 0.2) is 53.8 Å². The van der Waals surface area contributed by atoms with Crippen molar-refractivity contribution in [1.29, 1.82) is 0 Å². The van der Waals surface area contributed by atoms with Gasteiger partial charge in [0.15, 0.2) is 0 Å². The van der Waals surface area contributed by atoms with Crippen molar-refractivity contribution in [2.75, 3.05) is 57.0 Å². The molecule has 0 saturated heterocycles. The van der Waals surface area contributed by atoms with Gasteiger partial charge in [-0.3, -0.25) is 19.3 Å². The van der Waals surface area contributed by atoms with Crippen molar-refractivity contribution in [3.05, 3.63) is 59.9 Å². The number of amides is 2. The van der Waals surface area contributed by atoms with Gasteiger partial charge in [-0.1, -0.05) is 24.0 Å². The molecule has 0 aliphatic rings. The first-order chi connectivity index (χ1) is 22.2. The number of hydrogen-bond acceptors (Lipinski definition) is 11. The SMILES string of the molecule is C=Nc1cc(C(N)=O)cc(OCC#CCn2cc(N)cn2)c1N(C/C=C/Cn1c(NC)nc2cc(C(N)=O)cc(OC)c21)CNC. The molecule has 15 nitrogen and oxygen atoms in total. The van der Waals surface area contributed by atoms with Gasteiger partial charge in [-0.05, 0) is 38.0 Å². The van der Waals surface area contributed by atoms with Crippen molar-refractivity contribution in [3.63, 3.8) is 0 Å². The maximum Gasteiger partial charge on any atom is 0.248 e. The lowest BCUT2D eigenvalue weighted by molar-refractivity contribution is 0.0991. The molecule has 240 valence electrons. The van der Waals surface area contributed by atoms with Crippen molar-refractivity contribution >= 4 is 52.6 Å². The monoisotopic (exact) mass is 627 g/mol. The van der Waals surface area contributed by atoms with Gasteiger partial charge in [-0.15, -0.1) is 0 Å². The molecule has 2 amide bonds. The minimum atomic E-state index is -0.630. The quantitative estimate of drug-likeness (QED) is 0.0558. The van der Waals surface area contributed by atoms with Crippen LogP contribution < -0.4 is 42.2 Å². The number of nitrogens with one attached hydrogen (secondary N) is 2. The number of hydrogen-bond donors (Lipinski definition) is 5. The summed E-state index contributed by atoms with van der Waals surface area (Å²) in [4.78, 5) is 34.7. The second-order valence-electron chi connectivity index (χ2n) is 9.89. The number of anilines is 3. The number of primary amides is 2. The molecule has 0 aliphatic carbocycles. The van der Waals surface area contributed by atoms with Crippen LogP contribution >= 0.6 is 0 Å². The number of nitrogens with two attached hydrogens (primary N) is 3. The van der Waals surface area contributed by atoms with Gasteiger partial charge in [0.25, 0.3) is 0 Å². The lowest BCUT2D eigenvalue weighted by Crippen LogP contribution is -2.33. The lowest BCUT2D eigenvalue weighted by atomic mass is 10.1. The standard InChI is InChI=1S/C31H37N11O4/c1-35-19-40(9-5-6-11-42-28-24(39-31(42)37-3)14-21(30(34)44)15-25(28)45-4)27-23(36-2)13-20(29(33)43)16-26(27)46-12-8-7-10-41-18-22(32)17-38-41/h5-6,13-18,35H,2,9-12,19,32H2,1,3-4H3,(H2,33,43)(H2,34,44)(H,37,39)/b6-5+. The van der Waals surface area contributed by atoms with Crippen LogP contribution in [0.3, 0.4) is 0 Å². The largest absolute Gasteiger partial charge is 0.494 e. The number of nitrogens with zero attached hydrogens (tertiary/aromatic N) is 6. The summed E-state index contributed by atoms with van der Waals surface area (Å²) in [7, 11) is 5.10. The summed E-state index contributed by atoms with van der Waals surface area (Å²) < 4.78 is 15.2. The molecule has 0 saturated carbocycles. The summed E-state index contributed by atoms with van der Waals surface area (Å²) in [5.41, 5.74) is 20.2. The van der Waals surface area contributed by atoms with Gasteiger partial charge in [0.1, 0.15) is 35.9 Å². The normalized spacial score (nSPS) is 10.8. The summed E-state index contributed by atoms with van der Waals surface area (Å²) in [5, 5.41) is 10.4. The van der Waals surface area contributed by atoms with Gasteiger partial charge >= 0.3 is 0 Å². The zero-order valence-electron chi connectivity index (χ0n) is 25.9. The molecule has 4 aromatic rings. The first-order valence-corrected chi connectivity index (χ1v) is 14.1. The molecule has 0 aliphatic heterocycles. The number of benzene rings is 2. The van der Waals surface area contributed by atoms with E-state index in [1.165, 1.54) is 7.11 Å². The number of fused-ring (bicyclic) bond motifs is 1. The Kier molecular flexibility index (Phi) is 10.8. The number of carbonyl (C=O) groups is 2. The number of rotatable bonds is 15. The van der Waals surface area contributed by atoms with Gasteiger partial charge in [0.2, 0.25) is 17.8 Å². The molecule has 2 heterocycles. The Labute approximate surface area is 266 Å². The molecular formula is C31H37N11O4. The molecule has 0 unspecified atom stereocenters. The topological polar surface area (TPSA) is 206 Å². The van der Waals surface area contributed by atoms with E-state index in [2.05, 4.69) is 44.3 Å². The Hall–Kier alpha value is -6.01. The maximum atomic E-state index is 12.1. The lowest BCUT2D eigenvalue weighted by Gasteiger charge is -2.27. The van der Waals surface area contributed by atoms with E-state index in [0.717, 1.165) is 0 Å². The average Bonchev–Trinajstić information content (AvgIpc) is 3.63. The van der Waals surface area contributed by atoms with E-state index in [1.54, 1.807) is 48.4 Å². The van der Waals surface area contributed by atoms with Crippen LogP contribution in [0.2, 0.25) is 0 Å². The molecule has 4 rings (SSSR count). The fourth-order valence-electron chi connectivity index (χ4n) is 4.76. The van der Waals surface area contributed by atoms with Gasteiger partial charge < -0.3 is 46.8 Å². The van der Waals surface area contributed by atoms with E-state index in [-0.39, 0.29) is 12.2 Å². The Morgan fingerprint density at radius 2 is 1.85 bits per heavy atom. The van der Waals surface area contributed by atoms with Crippen molar-refractivity contribution in [3.8, 4) is 23.3 Å². The smallest absolute Gasteiger partial charge is 0.248 e. The van der Waals surface area contributed by atoms with Crippen LogP contribution in [0.5, 0.6) is 11.5 Å².